The number of hydrogen-bond donors (Lipinski definition) is 1. The van der Waals surface area contributed by atoms with Crippen molar-refractivity contribution in [2.24, 2.45) is 4.99 Å². The Morgan fingerprint density at radius 1 is 1.15 bits per heavy atom. The summed E-state index contributed by atoms with van der Waals surface area (Å²) in [5, 5.41) is 6.32. The van der Waals surface area contributed by atoms with Crippen LogP contribution in [0.15, 0.2) is 82.0 Å². The second-order valence-electron chi connectivity index (χ2n) is 7.85. The molecule has 0 spiro atoms. The molecule has 4 rings (SSSR count). The number of aliphatic imine (C=N–C) groups is 1. The maximum absolute atomic E-state index is 13.5. The van der Waals surface area contributed by atoms with Gasteiger partial charge in [-0.3, -0.25) is 9.59 Å². The van der Waals surface area contributed by atoms with Crippen molar-refractivity contribution in [3.63, 3.8) is 0 Å². The van der Waals surface area contributed by atoms with Crippen molar-refractivity contribution in [2.45, 2.75) is 26.3 Å². The van der Waals surface area contributed by atoms with E-state index < -0.39 is 6.04 Å². The molecule has 2 aliphatic heterocycles. The van der Waals surface area contributed by atoms with Crippen LogP contribution < -0.4 is 5.32 Å². The van der Waals surface area contributed by atoms with Crippen LogP contribution in [-0.2, 0) is 9.59 Å². The number of benzene rings is 2. The average Bonchev–Trinajstić information content (AvgIpc) is 3.20. The Morgan fingerprint density at radius 2 is 1.85 bits per heavy atom. The van der Waals surface area contributed by atoms with Crippen molar-refractivity contribution in [2.75, 3.05) is 18.9 Å². The van der Waals surface area contributed by atoms with E-state index in [9.17, 15) is 9.59 Å². The van der Waals surface area contributed by atoms with Crippen LogP contribution in [0.25, 0.3) is 0 Å². The van der Waals surface area contributed by atoms with Crippen LogP contribution in [0.1, 0.15) is 31.9 Å². The first-order valence-corrected chi connectivity index (χ1v) is 11.9. The zero-order valence-corrected chi connectivity index (χ0v) is 20.3. The molecular formula is C25H25ClN4O2S. The fourth-order valence-electron chi connectivity index (χ4n) is 3.81. The normalized spacial score (nSPS) is 17.3. The third-order valence-corrected chi connectivity index (χ3v) is 6.84. The largest absolute Gasteiger partial charge is 0.346 e. The third-order valence-electron chi connectivity index (χ3n) is 5.70. The highest BCUT2D eigenvalue weighted by Crippen LogP contribution is 2.45. The lowest BCUT2D eigenvalue weighted by Crippen LogP contribution is -2.39. The summed E-state index contributed by atoms with van der Waals surface area (Å²) in [6, 6.07) is 16.4. The van der Waals surface area contributed by atoms with E-state index in [0.717, 1.165) is 16.4 Å². The van der Waals surface area contributed by atoms with E-state index in [1.54, 1.807) is 11.9 Å². The van der Waals surface area contributed by atoms with Crippen LogP contribution in [0.3, 0.4) is 0 Å². The van der Waals surface area contributed by atoms with Gasteiger partial charge in [0, 0.05) is 30.0 Å². The molecule has 33 heavy (non-hydrogen) atoms. The Morgan fingerprint density at radius 3 is 2.52 bits per heavy atom. The van der Waals surface area contributed by atoms with Crippen molar-refractivity contribution in [1.29, 1.82) is 0 Å². The summed E-state index contributed by atoms with van der Waals surface area (Å²) in [7, 11) is 1.79. The molecule has 1 N–H and O–H groups in total. The molecule has 2 amide bonds. The number of amidine groups is 1. The van der Waals surface area contributed by atoms with E-state index in [1.807, 2.05) is 78.8 Å². The number of thioether (sulfide) groups is 1. The number of nitrogens with one attached hydrogen (secondary N) is 1. The molecule has 0 aromatic heterocycles. The monoisotopic (exact) mass is 480 g/mol. The lowest BCUT2D eigenvalue weighted by atomic mass is 9.93. The number of rotatable bonds is 6. The molecule has 0 saturated heterocycles. The Hall–Kier alpha value is -3.03. The molecule has 170 valence electrons. The first kappa shape index (κ1) is 23.1. The Bertz CT molecular complexity index is 1160. The molecule has 1 atom stereocenters. The van der Waals surface area contributed by atoms with Crippen molar-refractivity contribution in [3.05, 3.63) is 87.6 Å². The number of anilines is 1. The minimum Gasteiger partial charge on any atom is -0.346 e. The molecular weight excluding hydrogens is 456 g/mol. The maximum atomic E-state index is 13.5. The molecule has 0 radical (unpaired) electrons. The van der Waals surface area contributed by atoms with Crippen LogP contribution in [0.2, 0.25) is 5.02 Å². The highest BCUT2D eigenvalue weighted by Gasteiger charge is 2.40. The van der Waals surface area contributed by atoms with Crippen LogP contribution >= 0.6 is 23.4 Å². The van der Waals surface area contributed by atoms with E-state index >= 15 is 0 Å². The van der Waals surface area contributed by atoms with Gasteiger partial charge in [-0.1, -0.05) is 53.7 Å². The fourth-order valence-corrected chi connectivity index (χ4v) is 4.90. The molecule has 0 bridgehead atoms. The van der Waals surface area contributed by atoms with Gasteiger partial charge in [0.25, 0.3) is 5.91 Å². The van der Waals surface area contributed by atoms with Gasteiger partial charge in [0.05, 0.1) is 23.7 Å². The SMILES string of the molecule is CCN(C)C(=O)CC1=CSC2=NC(C)=C(C(=O)Nc3ccccc3)[C@H](c3ccc(Cl)cc3)N12. The zero-order valence-electron chi connectivity index (χ0n) is 18.7. The Kier molecular flexibility index (Phi) is 6.91. The number of carbonyl (C=O) groups excluding carboxylic acids is 2. The number of allylic oxidation sites excluding steroid dienone is 1. The average molecular weight is 481 g/mol. The van der Waals surface area contributed by atoms with Gasteiger partial charge in [0.1, 0.15) is 0 Å². The minimum atomic E-state index is -0.431. The van der Waals surface area contributed by atoms with E-state index in [-0.39, 0.29) is 18.2 Å². The van der Waals surface area contributed by atoms with Gasteiger partial charge in [0.15, 0.2) is 5.17 Å². The van der Waals surface area contributed by atoms with Crippen molar-refractivity contribution in [3.8, 4) is 0 Å². The molecule has 6 nitrogen and oxygen atoms in total. The number of fused-ring (bicyclic) bond motifs is 1. The molecule has 2 aliphatic rings. The number of para-hydroxylation sites is 1. The summed E-state index contributed by atoms with van der Waals surface area (Å²) in [6.07, 6.45) is 0.229. The summed E-state index contributed by atoms with van der Waals surface area (Å²) < 4.78 is 0. The molecule has 0 saturated carbocycles. The summed E-state index contributed by atoms with van der Waals surface area (Å²) in [6.45, 7) is 4.42. The Balaban J connectivity index is 1.74. The minimum absolute atomic E-state index is 0.0158. The third kappa shape index (κ3) is 4.84. The van der Waals surface area contributed by atoms with Crippen LogP contribution in [0, 0.1) is 0 Å². The lowest BCUT2D eigenvalue weighted by Gasteiger charge is -2.37. The first-order valence-electron chi connectivity index (χ1n) is 10.7. The number of amides is 2. The smallest absolute Gasteiger partial charge is 0.255 e. The Labute approximate surface area is 203 Å². The highest BCUT2D eigenvalue weighted by atomic mass is 35.5. The first-order chi connectivity index (χ1) is 15.9. The van der Waals surface area contributed by atoms with Gasteiger partial charge in [0.2, 0.25) is 5.91 Å². The van der Waals surface area contributed by atoms with Gasteiger partial charge in [-0.15, -0.1) is 0 Å². The molecule has 2 heterocycles. The predicted octanol–water partition coefficient (Wildman–Crippen LogP) is 5.42. The number of hydrogen-bond acceptors (Lipinski definition) is 5. The summed E-state index contributed by atoms with van der Waals surface area (Å²) in [4.78, 5) is 34.6. The van der Waals surface area contributed by atoms with Crippen LogP contribution in [0.4, 0.5) is 5.69 Å². The fraction of sp³-hybridized carbons (Fsp3) is 0.240. The van der Waals surface area contributed by atoms with Crippen LogP contribution in [0.5, 0.6) is 0 Å². The van der Waals surface area contributed by atoms with Crippen molar-refractivity contribution >= 4 is 46.0 Å². The van der Waals surface area contributed by atoms with E-state index in [4.69, 9.17) is 16.6 Å². The van der Waals surface area contributed by atoms with E-state index in [1.165, 1.54) is 11.8 Å². The van der Waals surface area contributed by atoms with E-state index in [2.05, 4.69) is 5.32 Å². The second kappa shape index (κ2) is 9.85. The quantitative estimate of drug-likeness (QED) is 0.599. The summed E-state index contributed by atoms with van der Waals surface area (Å²) in [5.41, 5.74) is 3.61. The predicted molar refractivity (Wildman–Crippen MR) is 135 cm³/mol. The van der Waals surface area contributed by atoms with E-state index in [0.29, 0.717) is 28.5 Å². The van der Waals surface area contributed by atoms with Gasteiger partial charge < -0.3 is 15.1 Å². The lowest BCUT2D eigenvalue weighted by molar-refractivity contribution is -0.129. The molecule has 0 fully saturated rings. The van der Waals surface area contributed by atoms with Crippen molar-refractivity contribution in [1.82, 2.24) is 9.80 Å². The topological polar surface area (TPSA) is 65.0 Å². The number of carbonyl (C=O) groups is 2. The van der Waals surface area contributed by atoms with Gasteiger partial charge in [-0.25, -0.2) is 4.99 Å². The van der Waals surface area contributed by atoms with Crippen LogP contribution in [-0.4, -0.2) is 40.4 Å². The zero-order chi connectivity index (χ0) is 23.5. The maximum Gasteiger partial charge on any atom is 0.255 e. The molecule has 0 aliphatic carbocycles. The highest BCUT2D eigenvalue weighted by molar-refractivity contribution is 8.16. The standard InChI is InChI=1S/C25H25ClN4O2S/c1-4-29(3)21(31)14-20-15-33-25-27-16(2)22(24(32)28-19-8-6-5-7-9-19)23(30(20)25)17-10-12-18(26)13-11-17/h5-13,15,23H,4,14H2,1-3H3,(H,28,32)/t23-/m0/s1. The summed E-state index contributed by atoms with van der Waals surface area (Å²) in [5.74, 6) is -0.211. The molecule has 2 aromatic rings. The number of nitrogens with zero attached hydrogens (tertiary/aromatic N) is 3. The molecule has 2 aromatic carbocycles. The number of halogens is 1. The molecule has 0 unspecified atom stereocenters. The van der Waals surface area contributed by atoms with Crippen molar-refractivity contribution < 1.29 is 9.59 Å². The van der Waals surface area contributed by atoms with Gasteiger partial charge >= 0.3 is 0 Å². The second-order valence-corrected chi connectivity index (χ2v) is 9.12. The van der Waals surface area contributed by atoms with Gasteiger partial charge in [-0.05, 0) is 49.1 Å². The molecule has 8 heteroatoms. The van der Waals surface area contributed by atoms with Gasteiger partial charge in [-0.2, -0.15) is 0 Å². The summed E-state index contributed by atoms with van der Waals surface area (Å²) >= 11 is 7.62.